The van der Waals surface area contributed by atoms with Crippen LogP contribution in [0.5, 0.6) is 0 Å². The van der Waals surface area contributed by atoms with Crippen molar-refractivity contribution in [1.82, 2.24) is 0 Å². The maximum absolute atomic E-state index is 11.9. The molecule has 1 saturated carbocycles. The van der Waals surface area contributed by atoms with Crippen molar-refractivity contribution in [2.75, 3.05) is 0 Å². The molecular weight excluding hydrogens is 204 g/mol. The third kappa shape index (κ3) is 2.69. The van der Waals surface area contributed by atoms with Crippen LogP contribution in [0.3, 0.4) is 0 Å². The number of rotatable bonds is 6. The predicted octanol–water partition coefficient (Wildman–Crippen LogP) is 4.15. The Balaban J connectivity index is 1.76. The largest absolute Gasteiger partial charge is 0.293 e. The van der Waals surface area contributed by atoms with Crippen LogP contribution < -0.4 is 0 Å². The van der Waals surface area contributed by atoms with Gasteiger partial charge in [0, 0.05) is 5.92 Å². The fraction of sp³-hybridized carbons (Fsp3) is 0.615. The van der Waals surface area contributed by atoms with Gasteiger partial charge in [-0.2, -0.15) is 0 Å². The van der Waals surface area contributed by atoms with Crippen molar-refractivity contribution in [2.45, 2.75) is 39.0 Å². The molecule has 1 aliphatic carbocycles. The molecule has 0 aromatic carbocycles. The fourth-order valence-electron chi connectivity index (χ4n) is 2.15. The van der Waals surface area contributed by atoms with Crippen LogP contribution in [0.1, 0.15) is 48.7 Å². The Hall–Kier alpha value is -0.630. The molecule has 2 atom stereocenters. The lowest BCUT2D eigenvalue weighted by atomic mass is 10.1. The van der Waals surface area contributed by atoms with E-state index in [1.165, 1.54) is 25.7 Å². The van der Waals surface area contributed by atoms with E-state index in [1.807, 2.05) is 17.5 Å². The average molecular weight is 222 g/mol. The molecule has 0 aliphatic heterocycles. The number of ketones is 1. The Morgan fingerprint density at radius 2 is 2.40 bits per heavy atom. The van der Waals surface area contributed by atoms with E-state index in [0.29, 0.717) is 17.6 Å². The molecule has 1 nitrogen and oxygen atoms in total. The predicted molar refractivity (Wildman–Crippen MR) is 64.4 cm³/mol. The van der Waals surface area contributed by atoms with Crippen LogP contribution in [0.2, 0.25) is 0 Å². The van der Waals surface area contributed by atoms with Gasteiger partial charge in [0.1, 0.15) is 0 Å². The van der Waals surface area contributed by atoms with Gasteiger partial charge in [0.15, 0.2) is 5.78 Å². The van der Waals surface area contributed by atoms with Crippen molar-refractivity contribution < 1.29 is 4.79 Å². The minimum atomic E-state index is 0.362. The lowest BCUT2D eigenvalue weighted by molar-refractivity contribution is 0.0964. The number of unbranched alkanes of at least 4 members (excludes halogenated alkanes) is 2. The molecule has 82 valence electrons. The number of thiophene rings is 1. The summed E-state index contributed by atoms with van der Waals surface area (Å²) in [6, 6.07) is 3.92. The molecule has 0 bridgehead atoms. The van der Waals surface area contributed by atoms with Crippen molar-refractivity contribution in [3.05, 3.63) is 22.4 Å². The van der Waals surface area contributed by atoms with Crippen LogP contribution in [-0.4, -0.2) is 5.78 Å². The summed E-state index contributed by atoms with van der Waals surface area (Å²) in [7, 11) is 0. The molecular formula is C13H18OS. The Morgan fingerprint density at radius 3 is 3.07 bits per heavy atom. The zero-order chi connectivity index (χ0) is 10.7. The summed E-state index contributed by atoms with van der Waals surface area (Å²) in [6.07, 6.45) is 6.29. The van der Waals surface area contributed by atoms with Gasteiger partial charge in [-0.1, -0.05) is 32.3 Å². The van der Waals surface area contributed by atoms with E-state index >= 15 is 0 Å². The summed E-state index contributed by atoms with van der Waals surface area (Å²) in [4.78, 5) is 12.9. The van der Waals surface area contributed by atoms with Crippen LogP contribution in [0.15, 0.2) is 17.5 Å². The van der Waals surface area contributed by atoms with Gasteiger partial charge >= 0.3 is 0 Å². The van der Waals surface area contributed by atoms with Gasteiger partial charge in [0.25, 0.3) is 0 Å². The van der Waals surface area contributed by atoms with E-state index < -0.39 is 0 Å². The zero-order valence-corrected chi connectivity index (χ0v) is 10.1. The number of carbonyl (C=O) groups is 1. The number of hydrogen-bond acceptors (Lipinski definition) is 2. The van der Waals surface area contributed by atoms with E-state index in [2.05, 4.69) is 6.92 Å². The summed E-state index contributed by atoms with van der Waals surface area (Å²) in [6.45, 7) is 2.22. The third-order valence-corrected chi connectivity index (χ3v) is 4.09. The molecule has 0 saturated heterocycles. The zero-order valence-electron chi connectivity index (χ0n) is 9.24. The molecule has 0 radical (unpaired) electrons. The van der Waals surface area contributed by atoms with E-state index in [4.69, 9.17) is 0 Å². The summed E-state index contributed by atoms with van der Waals surface area (Å²) in [5.41, 5.74) is 0. The molecule has 0 amide bonds. The van der Waals surface area contributed by atoms with Crippen LogP contribution >= 0.6 is 11.3 Å². The lowest BCUT2D eigenvalue weighted by Crippen LogP contribution is -2.00. The molecule has 2 heteroatoms. The quantitative estimate of drug-likeness (QED) is 0.522. The van der Waals surface area contributed by atoms with Crippen LogP contribution in [0.4, 0.5) is 0 Å². The first kappa shape index (κ1) is 10.9. The molecule has 0 N–H and O–H groups in total. The minimum Gasteiger partial charge on any atom is -0.293 e. The molecule has 0 unspecified atom stereocenters. The van der Waals surface area contributed by atoms with Crippen LogP contribution in [0, 0.1) is 11.8 Å². The molecule has 1 aromatic rings. The van der Waals surface area contributed by atoms with Crippen molar-refractivity contribution in [3.8, 4) is 0 Å². The fourth-order valence-corrected chi connectivity index (χ4v) is 2.87. The van der Waals surface area contributed by atoms with Gasteiger partial charge < -0.3 is 0 Å². The average Bonchev–Trinajstić information content (AvgIpc) is 2.79. The Labute approximate surface area is 95.5 Å². The topological polar surface area (TPSA) is 17.1 Å². The highest BCUT2D eigenvalue weighted by molar-refractivity contribution is 7.12. The number of hydrogen-bond donors (Lipinski definition) is 0. The Kier molecular flexibility index (Phi) is 3.57. The monoisotopic (exact) mass is 222 g/mol. The number of Topliss-reactive ketones (excluding diaryl/α,β-unsaturated/α-hetero) is 1. The van der Waals surface area contributed by atoms with Crippen molar-refractivity contribution in [2.24, 2.45) is 11.8 Å². The van der Waals surface area contributed by atoms with Crippen molar-refractivity contribution in [3.63, 3.8) is 0 Å². The van der Waals surface area contributed by atoms with E-state index in [0.717, 1.165) is 11.3 Å². The maximum Gasteiger partial charge on any atom is 0.176 e. The van der Waals surface area contributed by atoms with Crippen LogP contribution in [0.25, 0.3) is 0 Å². The summed E-state index contributed by atoms with van der Waals surface area (Å²) in [5, 5.41) is 1.99. The molecule has 2 rings (SSSR count). The SMILES string of the molecule is CCCCC[C@H]1C[C@@H]1C(=O)c1cccs1. The highest BCUT2D eigenvalue weighted by Gasteiger charge is 2.42. The van der Waals surface area contributed by atoms with Gasteiger partial charge in [-0.05, 0) is 30.2 Å². The second-order valence-electron chi connectivity index (χ2n) is 4.44. The standard InChI is InChI=1S/C13H18OS/c1-2-3-4-6-10-9-11(10)13(14)12-7-5-8-15-12/h5,7-8,10-11H,2-4,6,9H2,1H3/t10-,11-/m0/s1. The molecule has 0 spiro atoms. The first-order chi connectivity index (χ1) is 7.33. The van der Waals surface area contributed by atoms with Gasteiger partial charge in [0.2, 0.25) is 0 Å². The maximum atomic E-state index is 11.9. The summed E-state index contributed by atoms with van der Waals surface area (Å²) >= 11 is 1.58. The highest BCUT2D eigenvalue weighted by atomic mass is 32.1. The van der Waals surface area contributed by atoms with Crippen molar-refractivity contribution >= 4 is 17.1 Å². The Morgan fingerprint density at radius 1 is 1.53 bits per heavy atom. The van der Waals surface area contributed by atoms with E-state index in [9.17, 15) is 4.79 Å². The van der Waals surface area contributed by atoms with Gasteiger partial charge in [-0.25, -0.2) is 0 Å². The number of carbonyl (C=O) groups excluding carboxylic acids is 1. The molecule has 1 fully saturated rings. The molecule has 15 heavy (non-hydrogen) atoms. The second-order valence-corrected chi connectivity index (χ2v) is 5.39. The minimum absolute atomic E-state index is 0.362. The van der Waals surface area contributed by atoms with Gasteiger partial charge in [-0.15, -0.1) is 11.3 Å². The van der Waals surface area contributed by atoms with Gasteiger partial charge in [0.05, 0.1) is 4.88 Å². The summed E-state index contributed by atoms with van der Waals surface area (Å²) in [5.74, 6) is 1.46. The smallest absolute Gasteiger partial charge is 0.176 e. The van der Waals surface area contributed by atoms with E-state index in [-0.39, 0.29) is 0 Å². The summed E-state index contributed by atoms with van der Waals surface area (Å²) < 4.78 is 0. The normalized spacial score (nSPS) is 24.1. The molecule has 1 aliphatic rings. The third-order valence-electron chi connectivity index (χ3n) is 3.20. The van der Waals surface area contributed by atoms with Gasteiger partial charge in [-0.3, -0.25) is 4.79 Å². The van der Waals surface area contributed by atoms with Crippen LogP contribution in [-0.2, 0) is 0 Å². The van der Waals surface area contributed by atoms with Crippen molar-refractivity contribution in [1.29, 1.82) is 0 Å². The molecule has 1 aromatic heterocycles. The Bertz CT molecular complexity index is 315. The second kappa shape index (κ2) is 4.93. The lowest BCUT2D eigenvalue weighted by Gasteiger charge is -1.98. The first-order valence-corrected chi connectivity index (χ1v) is 6.78. The van der Waals surface area contributed by atoms with E-state index in [1.54, 1.807) is 11.3 Å². The molecule has 1 heterocycles. The highest BCUT2D eigenvalue weighted by Crippen LogP contribution is 2.44. The first-order valence-electron chi connectivity index (χ1n) is 5.90.